The van der Waals surface area contributed by atoms with Crippen LogP contribution in [-0.2, 0) is 0 Å². The van der Waals surface area contributed by atoms with Crippen LogP contribution in [0.15, 0.2) is 21.1 Å². The average molecular weight is 295 g/mol. The molecule has 0 spiro atoms. The van der Waals surface area contributed by atoms with Crippen molar-refractivity contribution >= 4 is 31.9 Å². The Kier molecular flexibility index (Phi) is 3.15. The fourth-order valence-electron chi connectivity index (χ4n) is 0.933. The maximum absolute atomic E-state index is 9.54. The Morgan fingerprint density at radius 2 is 2.00 bits per heavy atom. The van der Waals surface area contributed by atoms with Crippen LogP contribution in [0.25, 0.3) is 0 Å². The molecule has 1 aromatic rings. The molecule has 0 amide bonds. The first-order valence-electron chi connectivity index (χ1n) is 3.46. The van der Waals surface area contributed by atoms with Crippen molar-refractivity contribution < 1.29 is 5.11 Å². The van der Waals surface area contributed by atoms with E-state index >= 15 is 0 Å². The van der Waals surface area contributed by atoms with Gasteiger partial charge in [-0.1, -0.05) is 15.9 Å². The van der Waals surface area contributed by atoms with Crippen LogP contribution in [0.3, 0.4) is 0 Å². The van der Waals surface area contributed by atoms with Gasteiger partial charge in [0.1, 0.15) is 5.75 Å². The smallest absolute Gasteiger partial charge is 0.134 e. The number of hydrogen-bond acceptors (Lipinski definition) is 2. The summed E-state index contributed by atoms with van der Waals surface area (Å²) >= 11 is 6.55. The Balaban J connectivity index is 3.28. The van der Waals surface area contributed by atoms with Gasteiger partial charge in [0.05, 0.1) is 4.47 Å². The van der Waals surface area contributed by atoms with Crippen molar-refractivity contribution in [2.75, 3.05) is 0 Å². The van der Waals surface area contributed by atoms with E-state index in [0.29, 0.717) is 4.47 Å². The summed E-state index contributed by atoms with van der Waals surface area (Å²) < 4.78 is 1.56. The standard InChI is InChI=1S/C8H9Br2NO/c1-4(11)6-2-5(9)3-7(10)8(6)12/h2-4,12H,11H2,1H3/t4-/m0/s1. The second-order valence-electron chi connectivity index (χ2n) is 2.61. The summed E-state index contributed by atoms with van der Waals surface area (Å²) in [5, 5.41) is 9.54. The normalized spacial score (nSPS) is 13.0. The molecule has 0 bridgehead atoms. The zero-order valence-corrected chi connectivity index (χ0v) is 9.68. The number of halogens is 2. The highest BCUT2D eigenvalue weighted by atomic mass is 79.9. The maximum Gasteiger partial charge on any atom is 0.134 e. The number of aromatic hydroxyl groups is 1. The van der Waals surface area contributed by atoms with E-state index in [1.54, 1.807) is 6.07 Å². The number of benzene rings is 1. The lowest BCUT2D eigenvalue weighted by Crippen LogP contribution is -2.05. The largest absolute Gasteiger partial charge is 0.506 e. The van der Waals surface area contributed by atoms with Gasteiger partial charge in [0.25, 0.3) is 0 Å². The number of phenolic OH excluding ortho intramolecular Hbond substituents is 1. The molecule has 0 aliphatic rings. The molecule has 3 N–H and O–H groups in total. The van der Waals surface area contributed by atoms with E-state index in [9.17, 15) is 5.11 Å². The van der Waals surface area contributed by atoms with Gasteiger partial charge in [-0.25, -0.2) is 0 Å². The summed E-state index contributed by atoms with van der Waals surface area (Å²) in [5.41, 5.74) is 6.38. The minimum Gasteiger partial charge on any atom is -0.506 e. The Hall–Kier alpha value is -0.0600. The third-order valence-corrected chi connectivity index (χ3v) is 2.61. The summed E-state index contributed by atoms with van der Waals surface area (Å²) in [6, 6.07) is 3.42. The van der Waals surface area contributed by atoms with Crippen LogP contribution < -0.4 is 5.73 Å². The lowest BCUT2D eigenvalue weighted by molar-refractivity contribution is 0.460. The van der Waals surface area contributed by atoms with Crippen molar-refractivity contribution in [2.45, 2.75) is 13.0 Å². The average Bonchev–Trinajstić information content (AvgIpc) is 1.96. The van der Waals surface area contributed by atoms with Crippen LogP contribution in [0.1, 0.15) is 18.5 Å². The van der Waals surface area contributed by atoms with E-state index in [0.717, 1.165) is 10.0 Å². The predicted octanol–water partition coefficient (Wildman–Crippen LogP) is 2.94. The molecule has 0 aliphatic carbocycles. The second-order valence-corrected chi connectivity index (χ2v) is 4.38. The van der Waals surface area contributed by atoms with E-state index in [1.165, 1.54) is 0 Å². The zero-order valence-electron chi connectivity index (χ0n) is 6.51. The van der Waals surface area contributed by atoms with E-state index in [-0.39, 0.29) is 11.8 Å². The molecule has 66 valence electrons. The van der Waals surface area contributed by atoms with Gasteiger partial charge >= 0.3 is 0 Å². The van der Waals surface area contributed by atoms with Gasteiger partial charge in [0.2, 0.25) is 0 Å². The van der Waals surface area contributed by atoms with Gasteiger partial charge in [-0.05, 0) is 35.0 Å². The van der Waals surface area contributed by atoms with Crippen LogP contribution >= 0.6 is 31.9 Å². The number of hydrogen-bond donors (Lipinski definition) is 2. The molecule has 1 aromatic carbocycles. The van der Waals surface area contributed by atoms with Gasteiger partial charge in [0.15, 0.2) is 0 Å². The monoisotopic (exact) mass is 293 g/mol. The van der Waals surface area contributed by atoms with Crippen molar-refractivity contribution in [3.05, 3.63) is 26.6 Å². The fraction of sp³-hybridized carbons (Fsp3) is 0.250. The topological polar surface area (TPSA) is 46.2 Å². The first-order chi connectivity index (χ1) is 5.52. The molecule has 12 heavy (non-hydrogen) atoms. The number of phenols is 1. The van der Waals surface area contributed by atoms with Crippen LogP contribution in [0.5, 0.6) is 5.75 Å². The molecule has 1 rings (SSSR count). The summed E-state index contributed by atoms with van der Waals surface area (Å²) in [5.74, 6) is 0.216. The molecule has 0 radical (unpaired) electrons. The summed E-state index contributed by atoms with van der Waals surface area (Å²) in [4.78, 5) is 0. The predicted molar refractivity (Wildman–Crippen MR) is 56.1 cm³/mol. The third-order valence-electron chi connectivity index (χ3n) is 1.55. The molecular weight excluding hydrogens is 286 g/mol. The molecule has 4 heteroatoms. The summed E-state index contributed by atoms with van der Waals surface area (Å²) in [7, 11) is 0. The van der Waals surface area contributed by atoms with Gasteiger partial charge in [0, 0.05) is 16.1 Å². The minimum atomic E-state index is -0.168. The molecule has 2 nitrogen and oxygen atoms in total. The summed E-state index contributed by atoms with van der Waals surface area (Å²) in [6.45, 7) is 1.83. The minimum absolute atomic E-state index is 0.168. The zero-order chi connectivity index (χ0) is 9.30. The highest BCUT2D eigenvalue weighted by Crippen LogP contribution is 2.34. The Bertz CT molecular complexity index is 299. The molecular formula is C8H9Br2NO. The molecule has 0 unspecified atom stereocenters. The van der Waals surface area contributed by atoms with E-state index < -0.39 is 0 Å². The van der Waals surface area contributed by atoms with Gasteiger partial charge in [-0.3, -0.25) is 0 Å². The Morgan fingerprint density at radius 3 is 2.50 bits per heavy atom. The first kappa shape index (κ1) is 10.0. The number of nitrogens with two attached hydrogens (primary N) is 1. The lowest BCUT2D eigenvalue weighted by Gasteiger charge is -2.10. The van der Waals surface area contributed by atoms with Crippen molar-refractivity contribution in [3.63, 3.8) is 0 Å². The van der Waals surface area contributed by atoms with Gasteiger partial charge in [-0.2, -0.15) is 0 Å². The quantitative estimate of drug-likeness (QED) is 0.836. The molecule has 0 aliphatic heterocycles. The summed E-state index contributed by atoms with van der Waals surface area (Å²) in [6.07, 6.45) is 0. The lowest BCUT2D eigenvalue weighted by atomic mass is 10.1. The molecule has 0 aromatic heterocycles. The van der Waals surface area contributed by atoms with Crippen LogP contribution in [0.2, 0.25) is 0 Å². The highest BCUT2D eigenvalue weighted by molar-refractivity contribution is 9.11. The van der Waals surface area contributed by atoms with Crippen molar-refractivity contribution in [1.29, 1.82) is 0 Å². The first-order valence-corrected chi connectivity index (χ1v) is 5.04. The maximum atomic E-state index is 9.54. The van der Waals surface area contributed by atoms with E-state index in [1.807, 2.05) is 13.0 Å². The second kappa shape index (κ2) is 3.77. The molecule has 0 saturated carbocycles. The van der Waals surface area contributed by atoms with Crippen molar-refractivity contribution in [1.82, 2.24) is 0 Å². The molecule has 0 heterocycles. The molecule has 1 atom stereocenters. The van der Waals surface area contributed by atoms with Crippen molar-refractivity contribution in [3.8, 4) is 5.75 Å². The van der Waals surface area contributed by atoms with Gasteiger partial charge < -0.3 is 10.8 Å². The highest BCUT2D eigenvalue weighted by Gasteiger charge is 2.10. The van der Waals surface area contributed by atoms with Gasteiger partial charge in [-0.15, -0.1) is 0 Å². The molecule has 0 saturated heterocycles. The SMILES string of the molecule is C[C@H](N)c1cc(Br)cc(Br)c1O. The van der Waals surface area contributed by atoms with E-state index in [2.05, 4.69) is 31.9 Å². The van der Waals surface area contributed by atoms with Crippen LogP contribution in [-0.4, -0.2) is 5.11 Å². The Morgan fingerprint density at radius 1 is 1.42 bits per heavy atom. The fourth-order valence-corrected chi connectivity index (χ4v) is 2.19. The third kappa shape index (κ3) is 2.00. The molecule has 0 fully saturated rings. The van der Waals surface area contributed by atoms with E-state index in [4.69, 9.17) is 5.73 Å². The number of rotatable bonds is 1. The van der Waals surface area contributed by atoms with Crippen molar-refractivity contribution in [2.24, 2.45) is 5.73 Å². The van der Waals surface area contributed by atoms with Crippen LogP contribution in [0.4, 0.5) is 0 Å². The van der Waals surface area contributed by atoms with Crippen LogP contribution in [0, 0.1) is 0 Å². The Labute approximate surface area is 88.0 Å².